The predicted molar refractivity (Wildman–Crippen MR) is 62.1 cm³/mol. The van der Waals surface area contributed by atoms with Crippen molar-refractivity contribution in [3.63, 3.8) is 0 Å². The van der Waals surface area contributed by atoms with Crippen molar-refractivity contribution in [2.24, 2.45) is 0 Å². The van der Waals surface area contributed by atoms with Crippen molar-refractivity contribution < 1.29 is 5.11 Å². The number of hydrogen-bond donors (Lipinski definition) is 2. The van der Waals surface area contributed by atoms with Crippen LogP contribution < -0.4 is 5.32 Å². The maximum Gasteiger partial charge on any atom is 0.0528 e. The SMILES string of the molecule is CNCCc1ccccc1C1(CO)CC1. The average molecular weight is 205 g/mol. The Morgan fingerprint density at radius 1 is 1.33 bits per heavy atom. The number of benzene rings is 1. The van der Waals surface area contributed by atoms with Gasteiger partial charge in [-0.3, -0.25) is 0 Å². The lowest BCUT2D eigenvalue weighted by atomic mass is 9.90. The quantitative estimate of drug-likeness (QED) is 0.763. The van der Waals surface area contributed by atoms with Crippen LogP contribution in [-0.4, -0.2) is 25.3 Å². The van der Waals surface area contributed by atoms with Gasteiger partial charge in [-0.05, 0) is 44.0 Å². The summed E-state index contributed by atoms with van der Waals surface area (Å²) < 4.78 is 0. The molecule has 0 atom stereocenters. The Morgan fingerprint density at radius 2 is 2.07 bits per heavy atom. The molecule has 1 aliphatic carbocycles. The minimum absolute atomic E-state index is 0.102. The van der Waals surface area contributed by atoms with Crippen LogP contribution in [-0.2, 0) is 11.8 Å². The van der Waals surface area contributed by atoms with E-state index in [1.165, 1.54) is 11.1 Å². The summed E-state index contributed by atoms with van der Waals surface area (Å²) in [5.74, 6) is 0. The van der Waals surface area contributed by atoms with Crippen molar-refractivity contribution in [2.75, 3.05) is 20.2 Å². The van der Waals surface area contributed by atoms with E-state index in [2.05, 4.69) is 29.6 Å². The number of aliphatic hydroxyl groups excluding tert-OH is 1. The molecule has 1 aliphatic rings. The van der Waals surface area contributed by atoms with Gasteiger partial charge in [-0.1, -0.05) is 24.3 Å². The topological polar surface area (TPSA) is 32.3 Å². The van der Waals surface area contributed by atoms with Gasteiger partial charge in [0.2, 0.25) is 0 Å². The second kappa shape index (κ2) is 4.33. The van der Waals surface area contributed by atoms with E-state index in [-0.39, 0.29) is 5.41 Å². The van der Waals surface area contributed by atoms with Gasteiger partial charge in [-0.15, -0.1) is 0 Å². The summed E-state index contributed by atoms with van der Waals surface area (Å²) in [4.78, 5) is 0. The minimum Gasteiger partial charge on any atom is -0.395 e. The summed E-state index contributed by atoms with van der Waals surface area (Å²) in [6, 6.07) is 8.52. The maximum atomic E-state index is 9.44. The third-order valence-electron chi connectivity index (χ3n) is 3.39. The number of rotatable bonds is 5. The molecule has 1 aromatic carbocycles. The first-order valence-electron chi connectivity index (χ1n) is 5.66. The van der Waals surface area contributed by atoms with Gasteiger partial charge in [0.05, 0.1) is 6.61 Å². The van der Waals surface area contributed by atoms with Gasteiger partial charge in [0.25, 0.3) is 0 Å². The van der Waals surface area contributed by atoms with Crippen LogP contribution in [0.1, 0.15) is 24.0 Å². The van der Waals surface area contributed by atoms with Crippen LogP contribution >= 0.6 is 0 Å². The lowest BCUT2D eigenvalue weighted by Crippen LogP contribution is -2.17. The fourth-order valence-corrected chi connectivity index (χ4v) is 2.18. The third kappa shape index (κ3) is 2.06. The fourth-order valence-electron chi connectivity index (χ4n) is 2.18. The molecule has 2 nitrogen and oxygen atoms in total. The molecule has 0 bridgehead atoms. The molecular weight excluding hydrogens is 186 g/mol. The Bertz CT molecular complexity index is 331. The Kier molecular flexibility index (Phi) is 3.08. The Hall–Kier alpha value is -0.860. The average Bonchev–Trinajstić information content (AvgIpc) is 3.08. The minimum atomic E-state index is 0.102. The summed E-state index contributed by atoms with van der Waals surface area (Å²) in [7, 11) is 1.97. The Labute approximate surface area is 91.3 Å². The summed E-state index contributed by atoms with van der Waals surface area (Å²) in [5.41, 5.74) is 2.85. The largest absolute Gasteiger partial charge is 0.395 e. The van der Waals surface area contributed by atoms with Crippen LogP contribution in [0.4, 0.5) is 0 Å². The molecule has 0 unspecified atom stereocenters. The van der Waals surface area contributed by atoms with Gasteiger partial charge >= 0.3 is 0 Å². The van der Waals surface area contributed by atoms with E-state index >= 15 is 0 Å². The fraction of sp³-hybridized carbons (Fsp3) is 0.538. The van der Waals surface area contributed by atoms with Crippen molar-refractivity contribution >= 4 is 0 Å². The van der Waals surface area contributed by atoms with Crippen molar-refractivity contribution in [3.8, 4) is 0 Å². The molecule has 0 radical (unpaired) electrons. The Balaban J connectivity index is 2.22. The molecular formula is C13H19NO. The standard InChI is InChI=1S/C13H19NO/c1-14-9-6-11-4-2-3-5-12(11)13(10-15)7-8-13/h2-5,14-15H,6-10H2,1H3. The zero-order valence-electron chi connectivity index (χ0n) is 9.29. The first-order valence-corrected chi connectivity index (χ1v) is 5.66. The van der Waals surface area contributed by atoms with Crippen LogP contribution in [0, 0.1) is 0 Å². The molecule has 2 N–H and O–H groups in total. The van der Waals surface area contributed by atoms with Crippen LogP contribution in [0.5, 0.6) is 0 Å². The van der Waals surface area contributed by atoms with Crippen molar-refractivity contribution in [3.05, 3.63) is 35.4 Å². The number of hydrogen-bond acceptors (Lipinski definition) is 2. The van der Waals surface area contributed by atoms with E-state index < -0.39 is 0 Å². The highest BCUT2D eigenvalue weighted by atomic mass is 16.3. The van der Waals surface area contributed by atoms with Crippen molar-refractivity contribution in [1.29, 1.82) is 0 Å². The highest BCUT2D eigenvalue weighted by molar-refractivity contribution is 5.38. The van der Waals surface area contributed by atoms with Crippen LogP contribution in [0.25, 0.3) is 0 Å². The lowest BCUT2D eigenvalue weighted by molar-refractivity contribution is 0.254. The molecule has 0 aliphatic heterocycles. The van der Waals surface area contributed by atoms with E-state index in [0.29, 0.717) is 6.61 Å². The second-order valence-corrected chi connectivity index (χ2v) is 4.45. The van der Waals surface area contributed by atoms with Crippen molar-refractivity contribution in [2.45, 2.75) is 24.7 Å². The maximum absolute atomic E-state index is 9.44. The number of nitrogens with one attached hydrogen (secondary N) is 1. The lowest BCUT2D eigenvalue weighted by Gasteiger charge is -2.17. The molecule has 1 fully saturated rings. The normalized spacial score (nSPS) is 17.7. The van der Waals surface area contributed by atoms with Gasteiger partial charge in [0, 0.05) is 5.41 Å². The smallest absolute Gasteiger partial charge is 0.0528 e. The van der Waals surface area contributed by atoms with Crippen molar-refractivity contribution in [1.82, 2.24) is 5.32 Å². The Morgan fingerprint density at radius 3 is 2.67 bits per heavy atom. The monoisotopic (exact) mass is 205 g/mol. The molecule has 1 saturated carbocycles. The van der Waals surface area contributed by atoms with E-state index in [1.807, 2.05) is 7.05 Å². The molecule has 15 heavy (non-hydrogen) atoms. The van der Waals surface area contributed by atoms with Gasteiger partial charge in [-0.2, -0.15) is 0 Å². The molecule has 0 heterocycles. The second-order valence-electron chi connectivity index (χ2n) is 4.45. The summed E-state index contributed by atoms with van der Waals surface area (Å²) in [6.07, 6.45) is 3.33. The van der Waals surface area contributed by atoms with Gasteiger partial charge in [-0.25, -0.2) is 0 Å². The molecule has 1 aromatic rings. The van der Waals surface area contributed by atoms with E-state index in [1.54, 1.807) is 0 Å². The summed E-state index contributed by atoms with van der Waals surface area (Å²) in [5, 5.41) is 12.6. The summed E-state index contributed by atoms with van der Waals surface area (Å²) in [6.45, 7) is 1.29. The third-order valence-corrected chi connectivity index (χ3v) is 3.39. The number of aliphatic hydroxyl groups is 1. The highest BCUT2D eigenvalue weighted by Crippen LogP contribution is 2.48. The molecule has 0 spiro atoms. The molecule has 2 rings (SSSR count). The van der Waals surface area contributed by atoms with Gasteiger partial charge in [0.1, 0.15) is 0 Å². The van der Waals surface area contributed by atoms with E-state index in [4.69, 9.17) is 0 Å². The van der Waals surface area contributed by atoms with E-state index in [0.717, 1.165) is 25.8 Å². The van der Waals surface area contributed by atoms with Crippen LogP contribution in [0.15, 0.2) is 24.3 Å². The zero-order valence-corrected chi connectivity index (χ0v) is 9.29. The van der Waals surface area contributed by atoms with Gasteiger partial charge in [0.15, 0.2) is 0 Å². The first-order chi connectivity index (χ1) is 7.32. The molecule has 2 heteroatoms. The molecule has 0 aromatic heterocycles. The zero-order chi connectivity index (χ0) is 10.7. The highest BCUT2D eigenvalue weighted by Gasteiger charge is 2.44. The van der Waals surface area contributed by atoms with E-state index in [9.17, 15) is 5.11 Å². The summed E-state index contributed by atoms with van der Waals surface area (Å²) >= 11 is 0. The molecule has 0 amide bonds. The van der Waals surface area contributed by atoms with Crippen LogP contribution in [0.3, 0.4) is 0 Å². The first kappa shape index (κ1) is 10.7. The number of likely N-dealkylation sites (N-methyl/N-ethyl adjacent to an activating group) is 1. The predicted octanol–water partition coefficient (Wildman–Crippen LogP) is 1.47. The molecule has 0 saturated heterocycles. The van der Waals surface area contributed by atoms with Gasteiger partial charge < -0.3 is 10.4 Å². The van der Waals surface area contributed by atoms with Crippen LogP contribution in [0.2, 0.25) is 0 Å². The molecule has 82 valence electrons.